The van der Waals surface area contributed by atoms with Gasteiger partial charge in [0.2, 0.25) is 0 Å². The van der Waals surface area contributed by atoms with E-state index in [1.54, 1.807) is 39.8 Å². The maximum atomic E-state index is 13.9. The van der Waals surface area contributed by atoms with Crippen LogP contribution in [0.25, 0.3) is 0 Å². The fraction of sp³-hybridized carbons (Fsp3) is 0.857. The molecule has 0 amide bonds. The lowest BCUT2D eigenvalue weighted by Crippen LogP contribution is -2.76. The second-order valence-electron chi connectivity index (χ2n) is 28.9. The Labute approximate surface area is 528 Å². The van der Waals surface area contributed by atoms with Gasteiger partial charge in [0.1, 0.15) is 91.6 Å². The van der Waals surface area contributed by atoms with Crippen molar-refractivity contribution in [3.05, 3.63) is 34.9 Å². The van der Waals surface area contributed by atoms with E-state index in [1.807, 2.05) is 34.6 Å². The second-order valence-corrected chi connectivity index (χ2v) is 28.9. The number of ether oxygens (including phenoxy) is 10. The molecule has 8 fully saturated rings. The van der Waals surface area contributed by atoms with Crippen molar-refractivity contribution in [3.8, 4) is 0 Å². The zero-order chi connectivity index (χ0) is 67.3. The molecule has 4 heterocycles. The van der Waals surface area contributed by atoms with Gasteiger partial charge in [-0.05, 0) is 100 Å². The summed E-state index contributed by atoms with van der Waals surface area (Å²) in [7, 11) is 0. The number of allylic oxidation sites excluding steroid dienone is 3. The Bertz CT molecular complexity index is 2720. The minimum absolute atomic E-state index is 0.218. The van der Waals surface area contributed by atoms with Crippen LogP contribution in [0, 0.1) is 50.2 Å². The summed E-state index contributed by atoms with van der Waals surface area (Å²) in [5.41, 5.74) is -4.86. The summed E-state index contributed by atoms with van der Waals surface area (Å²) < 4.78 is 61.3. The summed E-state index contributed by atoms with van der Waals surface area (Å²) in [6, 6.07) is 0. The molecule has 0 aromatic heterocycles. The first-order valence-electron chi connectivity index (χ1n) is 31.7. The van der Waals surface area contributed by atoms with Gasteiger partial charge in [-0.1, -0.05) is 72.3 Å². The van der Waals surface area contributed by atoms with Crippen LogP contribution in [0.2, 0.25) is 0 Å². The van der Waals surface area contributed by atoms with E-state index in [4.69, 9.17) is 47.4 Å². The molecule has 518 valence electrons. The van der Waals surface area contributed by atoms with E-state index in [1.165, 1.54) is 0 Å². The summed E-state index contributed by atoms with van der Waals surface area (Å²) in [5, 5.41) is 169. The smallest absolute Gasteiger partial charge is 0.335 e. The van der Waals surface area contributed by atoms with Crippen molar-refractivity contribution in [1.82, 2.24) is 0 Å². The number of carboxylic acids is 1. The monoisotopic (exact) mass is 1300 g/mol. The number of aliphatic carboxylic acids is 1. The minimum Gasteiger partial charge on any atom is -0.479 e. The largest absolute Gasteiger partial charge is 0.479 e. The zero-order valence-electron chi connectivity index (χ0n) is 53.4. The fourth-order valence-corrected chi connectivity index (χ4v) is 17.6. The first-order valence-corrected chi connectivity index (χ1v) is 31.7. The van der Waals surface area contributed by atoms with E-state index in [0.717, 1.165) is 5.57 Å². The standard InChI is InChI=1S/C63H98O28/c1-12-25(3)52(80)90-49-50(91-53(81)26(4)13-2)63(24-66)28(20-58(49,5)6)27-14-15-33-60(9)18-17-34(59(7,8)32(60)16-19-61(33,10)62(27,11)47(76)48(63)77)85-57-46(89-55-41(74)38(71)36(69)30(21-64)83-55)43(42(75)44(87-57)51(78)79)86-56-45(39(72)37(70)31(22-65)84-56)88-54-40(73)35(68)29(67)23-82-54/h12-14,28-50,54-57,64-77H,15-24H2,1-11H3,(H,78,79)/b25-12-,26-13-. The molecule has 4 saturated carbocycles. The topological polar surface area (TPSA) is 447 Å². The summed E-state index contributed by atoms with van der Waals surface area (Å²) in [5.74, 6) is -4.35. The number of esters is 2. The molecule has 0 spiro atoms. The molecule has 15 N–H and O–H groups in total. The van der Waals surface area contributed by atoms with Crippen molar-refractivity contribution in [1.29, 1.82) is 0 Å². The predicted molar refractivity (Wildman–Crippen MR) is 309 cm³/mol. The number of carboxylic acid groups (broad SMARTS) is 1. The Morgan fingerprint density at radius 3 is 1.73 bits per heavy atom. The molecule has 0 bridgehead atoms. The van der Waals surface area contributed by atoms with E-state index in [-0.39, 0.29) is 35.8 Å². The maximum Gasteiger partial charge on any atom is 0.335 e. The van der Waals surface area contributed by atoms with Crippen molar-refractivity contribution in [2.24, 2.45) is 50.2 Å². The molecule has 4 saturated heterocycles. The van der Waals surface area contributed by atoms with Gasteiger partial charge in [0.15, 0.2) is 37.4 Å². The molecule has 0 aromatic carbocycles. The van der Waals surface area contributed by atoms with Gasteiger partial charge in [-0.15, -0.1) is 0 Å². The normalized spacial score (nSPS) is 49.8. The SMILES string of the molecule is C/C=C(/C)C(=O)OC1C(OC(=O)/C(C)=C\C)C2(CO)C(CC1(C)C)C1=CCC3C4(C)CCC(OC5OC(C(=O)O)C(O)C(OC6OC(CO)C(O)C(O)C6OC6OCC(O)C(O)C6O)C5OC5OC(CO)C(O)C(O)C5O)C(C)(C)C4CCC3(C)C1(C)C(O)C2O. The summed E-state index contributed by atoms with van der Waals surface area (Å²) in [6.45, 7) is 17.2. The molecule has 28 nitrogen and oxygen atoms in total. The van der Waals surface area contributed by atoms with Crippen molar-refractivity contribution < 1.29 is 138 Å². The lowest BCUT2D eigenvalue weighted by molar-refractivity contribution is -0.405. The summed E-state index contributed by atoms with van der Waals surface area (Å²) >= 11 is 0. The quantitative estimate of drug-likeness (QED) is 0.0347. The highest BCUT2D eigenvalue weighted by atomic mass is 16.8. The van der Waals surface area contributed by atoms with Gasteiger partial charge >= 0.3 is 17.9 Å². The molecule has 31 atom stereocenters. The Hall–Kier alpha value is -3.25. The molecule has 9 rings (SSSR count). The van der Waals surface area contributed by atoms with Crippen molar-refractivity contribution >= 4 is 17.9 Å². The number of aliphatic hydroxyl groups is 14. The van der Waals surface area contributed by atoms with Crippen molar-refractivity contribution in [3.63, 3.8) is 0 Å². The first-order chi connectivity index (χ1) is 42.5. The van der Waals surface area contributed by atoms with Gasteiger partial charge in [0.25, 0.3) is 0 Å². The molecule has 31 unspecified atom stereocenters. The first kappa shape index (κ1) is 72.0. The highest BCUT2D eigenvalue weighted by Gasteiger charge is 2.77. The number of fused-ring (bicyclic) bond motifs is 7. The van der Waals surface area contributed by atoms with Crippen molar-refractivity contribution in [2.75, 3.05) is 26.4 Å². The van der Waals surface area contributed by atoms with Crippen molar-refractivity contribution in [2.45, 2.75) is 262 Å². The third-order valence-corrected chi connectivity index (χ3v) is 23.4. The van der Waals surface area contributed by atoms with Crippen LogP contribution in [-0.2, 0) is 61.8 Å². The van der Waals surface area contributed by atoms with E-state index < -0.39 is 230 Å². The summed E-state index contributed by atoms with van der Waals surface area (Å²) in [6.07, 6.45) is -36.4. The number of carbonyl (C=O) groups excluding carboxylic acids is 2. The van der Waals surface area contributed by atoms with E-state index in [0.29, 0.717) is 25.7 Å². The van der Waals surface area contributed by atoms with E-state index >= 15 is 0 Å². The third kappa shape index (κ3) is 11.8. The molecular formula is C63H98O28. The van der Waals surface area contributed by atoms with Crippen LogP contribution in [0.4, 0.5) is 0 Å². The van der Waals surface area contributed by atoms with Gasteiger partial charge in [-0.3, -0.25) is 0 Å². The average Bonchev–Trinajstić information content (AvgIpc) is 0.664. The lowest BCUT2D eigenvalue weighted by Gasteiger charge is -2.73. The predicted octanol–water partition coefficient (Wildman–Crippen LogP) is -1.91. The number of carbonyl (C=O) groups is 3. The zero-order valence-corrected chi connectivity index (χ0v) is 53.4. The molecule has 9 aliphatic rings. The van der Waals surface area contributed by atoms with Crippen LogP contribution in [0.3, 0.4) is 0 Å². The molecule has 4 aliphatic heterocycles. The van der Waals surface area contributed by atoms with Gasteiger partial charge in [0.05, 0.1) is 50.2 Å². The molecule has 91 heavy (non-hydrogen) atoms. The van der Waals surface area contributed by atoms with Gasteiger partial charge < -0.3 is 124 Å². The lowest BCUT2D eigenvalue weighted by atomic mass is 9.32. The van der Waals surface area contributed by atoms with Crippen LogP contribution >= 0.6 is 0 Å². The minimum atomic E-state index is -2.31. The third-order valence-electron chi connectivity index (χ3n) is 23.4. The maximum absolute atomic E-state index is 13.9. The van der Waals surface area contributed by atoms with Gasteiger partial charge in [-0.2, -0.15) is 0 Å². The number of aliphatic hydroxyl groups excluding tert-OH is 14. The average molecular weight is 1300 g/mol. The van der Waals surface area contributed by atoms with Crippen LogP contribution in [0.5, 0.6) is 0 Å². The number of hydrogen-bond acceptors (Lipinski definition) is 27. The van der Waals surface area contributed by atoms with Crippen LogP contribution in [-0.4, -0.2) is 268 Å². The van der Waals surface area contributed by atoms with E-state index in [2.05, 4.69) is 19.9 Å². The van der Waals surface area contributed by atoms with Crippen LogP contribution < -0.4 is 0 Å². The molecule has 0 radical (unpaired) electrons. The highest BCUT2D eigenvalue weighted by Crippen LogP contribution is 2.76. The fourth-order valence-electron chi connectivity index (χ4n) is 17.6. The Morgan fingerprint density at radius 2 is 1.14 bits per heavy atom. The number of rotatable bonds is 16. The second kappa shape index (κ2) is 26.6. The van der Waals surface area contributed by atoms with E-state index in [9.17, 15) is 91.0 Å². The van der Waals surface area contributed by atoms with Crippen LogP contribution in [0.15, 0.2) is 34.9 Å². The molecule has 5 aliphatic carbocycles. The van der Waals surface area contributed by atoms with Gasteiger partial charge in [-0.25, -0.2) is 14.4 Å². The Morgan fingerprint density at radius 1 is 0.593 bits per heavy atom. The Balaban J connectivity index is 1.06. The summed E-state index contributed by atoms with van der Waals surface area (Å²) in [4.78, 5) is 40.8. The highest BCUT2D eigenvalue weighted by molar-refractivity contribution is 5.89. The van der Waals surface area contributed by atoms with Gasteiger partial charge in [0, 0.05) is 22.0 Å². The molecular weight excluding hydrogens is 1200 g/mol. The number of hydrogen-bond donors (Lipinski definition) is 15. The van der Waals surface area contributed by atoms with Crippen LogP contribution in [0.1, 0.15) is 115 Å². The Kier molecular flexibility index (Phi) is 21.1. The molecule has 0 aromatic rings. The molecule has 28 heteroatoms.